The molecule has 2 atom stereocenters. The van der Waals surface area contributed by atoms with Gasteiger partial charge < -0.3 is 10.1 Å². The van der Waals surface area contributed by atoms with E-state index in [1.807, 2.05) is 34.7 Å². The summed E-state index contributed by atoms with van der Waals surface area (Å²) >= 11 is 0. The van der Waals surface area contributed by atoms with Crippen LogP contribution in [0.3, 0.4) is 0 Å². The van der Waals surface area contributed by atoms with Gasteiger partial charge in [0.05, 0.1) is 29.7 Å². The van der Waals surface area contributed by atoms with Crippen molar-refractivity contribution in [3.8, 4) is 0 Å². The number of ether oxygens (including phenoxy) is 1. The van der Waals surface area contributed by atoms with E-state index >= 15 is 0 Å². The molecule has 0 bridgehead atoms. The standard InChI is InChI=1S/C16H25N7O2/c1-9-14(10(2)22(5)21-9)18-16(24)11(3)23-6-7-25-13(8-23)15-17-12(4)19-20-15/h11,13H,6-8H2,1-5H3,(H,18,24)(H,17,19,20)/t11-,13+/m1/s1. The van der Waals surface area contributed by atoms with Gasteiger partial charge in [0, 0.05) is 20.1 Å². The number of carbonyl (C=O) groups excluding carboxylic acids is 1. The van der Waals surface area contributed by atoms with Gasteiger partial charge in [0.1, 0.15) is 11.9 Å². The molecule has 0 unspecified atom stereocenters. The first-order valence-electron chi connectivity index (χ1n) is 8.42. The lowest BCUT2D eigenvalue weighted by atomic mass is 10.2. The molecule has 0 radical (unpaired) electrons. The Balaban J connectivity index is 1.67. The molecule has 0 spiro atoms. The van der Waals surface area contributed by atoms with Crippen molar-refractivity contribution in [1.29, 1.82) is 0 Å². The average Bonchev–Trinajstić information content (AvgIpc) is 3.13. The van der Waals surface area contributed by atoms with Gasteiger partial charge in [-0.25, -0.2) is 4.98 Å². The summed E-state index contributed by atoms with van der Waals surface area (Å²) in [6.07, 6.45) is -0.226. The quantitative estimate of drug-likeness (QED) is 0.851. The molecule has 9 nitrogen and oxygen atoms in total. The predicted octanol–water partition coefficient (Wildman–Crippen LogP) is 0.864. The Labute approximate surface area is 146 Å². The second-order valence-corrected chi connectivity index (χ2v) is 6.47. The van der Waals surface area contributed by atoms with Crippen LogP contribution >= 0.6 is 0 Å². The Morgan fingerprint density at radius 3 is 2.76 bits per heavy atom. The number of hydrogen-bond donors (Lipinski definition) is 2. The first kappa shape index (κ1) is 17.6. The Hall–Kier alpha value is -2.26. The SMILES string of the molecule is Cc1nc([C@@H]2CN([C@H](C)C(=O)Nc3c(C)nn(C)c3C)CCO2)n[nH]1. The minimum atomic E-state index is -0.287. The smallest absolute Gasteiger partial charge is 0.241 e. The third-order valence-electron chi connectivity index (χ3n) is 4.68. The summed E-state index contributed by atoms with van der Waals surface area (Å²) in [4.78, 5) is 19.1. The summed E-state index contributed by atoms with van der Waals surface area (Å²) in [5.41, 5.74) is 2.54. The summed E-state index contributed by atoms with van der Waals surface area (Å²) in [6.45, 7) is 9.41. The van der Waals surface area contributed by atoms with E-state index in [0.29, 0.717) is 25.5 Å². The normalized spacial score (nSPS) is 19.8. The molecule has 1 fully saturated rings. The van der Waals surface area contributed by atoms with Gasteiger partial charge >= 0.3 is 0 Å². The van der Waals surface area contributed by atoms with Crippen molar-refractivity contribution < 1.29 is 9.53 Å². The van der Waals surface area contributed by atoms with Crippen LogP contribution in [-0.4, -0.2) is 61.5 Å². The Bertz CT molecular complexity index is 767. The molecule has 0 aliphatic carbocycles. The number of aromatic amines is 1. The third kappa shape index (κ3) is 3.57. The van der Waals surface area contributed by atoms with Crippen LogP contribution in [0.15, 0.2) is 0 Å². The molecule has 2 aromatic rings. The fraction of sp³-hybridized carbons (Fsp3) is 0.625. The fourth-order valence-electron chi connectivity index (χ4n) is 3.03. The van der Waals surface area contributed by atoms with Crippen LogP contribution in [0.1, 0.15) is 36.1 Å². The number of H-pyrrole nitrogens is 1. The van der Waals surface area contributed by atoms with Crippen LogP contribution in [0.2, 0.25) is 0 Å². The molecular weight excluding hydrogens is 322 g/mol. The van der Waals surface area contributed by atoms with Crippen molar-refractivity contribution >= 4 is 11.6 Å². The molecule has 2 aromatic heterocycles. The molecular formula is C16H25N7O2. The molecule has 0 saturated carbocycles. The van der Waals surface area contributed by atoms with Crippen molar-refractivity contribution in [2.75, 3.05) is 25.0 Å². The lowest BCUT2D eigenvalue weighted by Crippen LogP contribution is -2.48. The zero-order valence-electron chi connectivity index (χ0n) is 15.3. The van der Waals surface area contributed by atoms with E-state index in [-0.39, 0.29) is 18.1 Å². The number of rotatable bonds is 4. The summed E-state index contributed by atoms with van der Waals surface area (Å²) < 4.78 is 7.54. The summed E-state index contributed by atoms with van der Waals surface area (Å²) in [5.74, 6) is 1.34. The van der Waals surface area contributed by atoms with Crippen LogP contribution in [0.25, 0.3) is 0 Å². The van der Waals surface area contributed by atoms with E-state index in [4.69, 9.17) is 4.74 Å². The zero-order chi connectivity index (χ0) is 18.1. The second kappa shape index (κ2) is 6.93. The van der Waals surface area contributed by atoms with Gasteiger partial charge in [-0.05, 0) is 27.7 Å². The van der Waals surface area contributed by atoms with Crippen LogP contribution in [0, 0.1) is 20.8 Å². The molecule has 9 heteroatoms. The number of nitrogens with one attached hydrogen (secondary N) is 2. The molecule has 2 N–H and O–H groups in total. The minimum Gasteiger partial charge on any atom is -0.367 e. The maximum absolute atomic E-state index is 12.7. The monoisotopic (exact) mass is 347 g/mol. The fourth-order valence-corrected chi connectivity index (χ4v) is 3.03. The van der Waals surface area contributed by atoms with E-state index in [1.54, 1.807) is 4.68 Å². The summed E-state index contributed by atoms with van der Waals surface area (Å²) in [7, 11) is 1.87. The van der Waals surface area contributed by atoms with Gasteiger partial charge in [-0.3, -0.25) is 19.5 Å². The summed E-state index contributed by atoms with van der Waals surface area (Å²) in [5, 5.41) is 14.4. The Kier molecular flexibility index (Phi) is 4.87. The van der Waals surface area contributed by atoms with E-state index < -0.39 is 0 Å². The van der Waals surface area contributed by atoms with Crippen LogP contribution in [-0.2, 0) is 16.6 Å². The first-order valence-corrected chi connectivity index (χ1v) is 8.42. The minimum absolute atomic E-state index is 0.0500. The number of nitrogens with zero attached hydrogens (tertiary/aromatic N) is 5. The van der Waals surface area contributed by atoms with Crippen molar-refractivity contribution in [3.05, 3.63) is 23.0 Å². The molecule has 1 amide bonds. The number of anilines is 1. The number of aromatic nitrogens is 5. The molecule has 25 heavy (non-hydrogen) atoms. The van der Waals surface area contributed by atoms with E-state index in [0.717, 1.165) is 22.9 Å². The third-order valence-corrected chi connectivity index (χ3v) is 4.68. The Morgan fingerprint density at radius 1 is 1.40 bits per heavy atom. The van der Waals surface area contributed by atoms with Gasteiger partial charge in [0.25, 0.3) is 0 Å². The number of aryl methyl sites for hydroxylation is 3. The van der Waals surface area contributed by atoms with Crippen LogP contribution in [0.5, 0.6) is 0 Å². The molecule has 3 heterocycles. The maximum atomic E-state index is 12.7. The van der Waals surface area contributed by atoms with Gasteiger partial charge in [0.2, 0.25) is 5.91 Å². The van der Waals surface area contributed by atoms with E-state index in [1.165, 1.54) is 0 Å². The zero-order valence-corrected chi connectivity index (χ0v) is 15.3. The highest BCUT2D eigenvalue weighted by Gasteiger charge is 2.31. The van der Waals surface area contributed by atoms with Crippen molar-refractivity contribution in [3.63, 3.8) is 0 Å². The van der Waals surface area contributed by atoms with Gasteiger partial charge in [-0.1, -0.05) is 0 Å². The maximum Gasteiger partial charge on any atom is 0.241 e. The molecule has 1 saturated heterocycles. The van der Waals surface area contributed by atoms with Gasteiger partial charge in [0.15, 0.2) is 5.82 Å². The number of amides is 1. The Morgan fingerprint density at radius 2 is 2.16 bits per heavy atom. The van der Waals surface area contributed by atoms with Crippen molar-refractivity contribution in [2.45, 2.75) is 39.8 Å². The second-order valence-electron chi connectivity index (χ2n) is 6.47. The highest BCUT2D eigenvalue weighted by molar-refractivity contribution is 5.95. The van der Waals surface area contributed by atoms with Crippen molar-refractivity contribution in [2.24, 2.45) is 7.05 Å². The van der Waals surface area contributed by atoms with Gasteiger partial charge in [-0.15, -0.1) is 0 Å². The topological polar surface area (TPSA) is 101 Å². The molecule has 1 aliphatic heterocycles. The van der Waals surface area contributed by atoms with Gasteiger partial charge in [-0.2, -0.15) is 10.2 Å². The van der Waals surface area contributed by atoms with Crippen LogP contribution < -0.4 is 5.32 Å². The lowest BCUT2D eigenvalue weighted by molar-refractivity contribution is -0.124. The first-order chi connectivity index (χ1) is 11.9. The molecule has 3 rings (SSSR count). The molecule has 0 aromatic carbocycles. The van der Waals surface area contributed by atoms with Crippen LogP contribution in [0.4, 0.5) is 5.69 Å². The summed E-state index contributed by atoms with van der Waals surface area (Å²) in [6, 6.07) is -0.287. The van der Waals surface area contributed by atoms with E-state index in [9.17, 15) is 4.79 Å². The largest absolute Gasteiger partial charge is 0.367 e. The lowest BCUT2D eigenvalue weighted by Gasteiger charge is -2.35. The number of carbonyl (C=O) groups is 1. The predicted molar refractivity (Wildman–Crippen MR) is 92.2 cm³/mol. The highest BCUT2D eigenvalue weighted by Crippen LogP contribution is 2.22. The average molecular weight is 347 g/mol. The van der Waals surface area contributed by atoms with E-state index in [2.05, 4.69) is 30.5 Å². The number of hydrogen-bond acceptors (Lipinski definition) is 6. The van der Waals surface area contributed by atoms with Crippen molar-refractivity contribution in [1.82, 2.24) is 29.9 Å². The number of morpholine rings is 1. The molecule has 1 aliphatic rings. The molecule has 136 valence electrons. The highest BCUT2D eigenvalue weighted by atomic mass is 16.5.